The fourth-order valence-corrected chi connectivity index (χ4v) is 2.45. The second-order valence-corrected chi connectivity index (χ2v) is 4.66. The highest BCUT2D eigenvalue weighted by molar-refractivity contribution is 5.79. The van der Waals surface area contributed by atoms with Crippen LogP contribution in [-0.2, 0) is 14.4 Å². The third-order valence-electron chi connectivity index (χ3n) is 3.38. The highest BCUT2D eigenvalue weighted by Crippen LogP contribution is 2.29. The van der Waals surface area contributed by atoms with E-state index in [1.165, 1.54) is 4.90 Å². The number of amides is 2. The average molecular weight is 287 g/mol. The van der Waals surface area contributed by atoms with E-state index in [0.717, 1.165) is 10.6 Å². The molecule has 8 heteroatoms. The van der Waals surface area contributed by atoms with E-state index in [4.69, 9.17) is 10.6 Å². The third kappa shape index (κ3) is 2.48. The van der Waals surface area contributed by atoms with E-state index >= 15 is 0 Å². The number of fused-ring (bicyclic) bond motifs is 2. The number of rotatable bonds is 5. The van der Waals surface area contributed by atoms with Crippen molar-refractivity contribution in [2.45, 2.75) is 32.3 Å². The zero-order valence-corrected chi connectivity index (χ0v) is 11.4. The van der Waals surface area contributed by atoms with Crippen LogP contribution in [-0.4, -0.2) is 60.1 Å². The van der Waals surface area contributed by atoms with Gasteiger partial charge in [-0.25, -0.2) is 18.8 Å². The second kappa shape index (κ2) is 5.76. The van der Waals surface area contributed by atoms with Crippen LogP contribution in [0.15, 0.2) is 11.6 Å². The number of halogens is 1. The molecule has 20 heavy (non-hydrogen) atoms. The Balaban J connectivity index is 2.08. The van der Waals surface area contributed by atoms with E-state index in [1.54, 1.807) is 13.0 Å². The number of carbonyl (C=O) groups excluding carboxylic acids is 2. The lowest BCUT2D eigenvalue weighted by atomic mass is 10.0. The van der Waals surface area contributed by atoms with Gasteiger partial charge >= 0.3 is 18.4 Å². The number of alkyl halides is 1. The summed E-state index contributed by atoms with van der Waals surface area (Å²) in [6, 6.07) is -1.13. The van der Waals surface area contributed by atoms with Crippen molar-refractivity contribution in [3.05, 3.63) is 11.6 Å². The minimum absolute atomic E-state index is 0.0420. The van der Waals surface area contributed by atoms with Crippen molar-refractivity contribution in [1.82, 2.24) is 9.96 Å². The van der Waals surface area contributed by atoms with E-state index in [-0.39, 0.29) is 19.2 Å². The molecular weight excluding hydrogens is 269 g/mol. The molecule has 2 amide bonds. The summed E-state index contributed by atoms with van der Waals surface area (Å²) >= 11 is 0. The third-order valence-corrected chi connectivity index (χ3v) is 3.38. The molecule has 0 aromatic heterocycles. The van der Waals surface area contributed by atoms with Crippen LogP contribution in [0, 0.1) is 0 Å². The molecule has 1 saturated heterocycles. The maximum Gasteiger partial charge on any atom is 0.370 e. The van der Waals surface area contributed by atoms with Gasteiger partial charge < -0.3 is 15.4 Å². The lowest BCUT2D eigenvalue weighted by molar-refractivity contribution is -0.223. The summed E-state index contributed by atoms with van der Waals surface area (Å²) in [5, 5.41) is 0.876. The molecule has 0 aliphatic carbocycles. The molecule has 2 bridgehead atoms. The Morgan fingerprint density at radius 1 is 1.65 bits per heavy atom. The minimum atomic E-state index is -2.32. The highest BCUT2D eigenvalue weighted by atomic mass is 19.1. The van der Waals surface area contributed by atoms with Crippen LogP contribution >= 0.6 is 0 Å². The molecule has 112 valence electrons. The van der Waals surface area contributed by atoms with Gasteiger partial charge in [-0.1, -0.05) is 11.6 Å². The molecule has 2 aliphatic rings. The molecule has 0 radical (unpaired) electrons. The van der Waals surface area contributed by atoms with E-state index < -0.39 is 24.4 Å². The zero-order valence-electron chi connectivity index (χ0n) is 11.4. The van der Waals surface area contributed by atoms with E-state index in [0.29, 0.717) is 6.54 Å². The number of hydrogen-bond donors (Lipinski definition) is 1. The number of hydroxylamine groups is 2. The van der Waals surface area contributed by atoms with Gasteiger partial charge in [0.15, 0.2) is 0 Å². The largest absolute Gasteiger partial charge is 0.462 e. The Morgan fingerprint density at radius 3 is 2.95 bits per heavy atom. The van der Waals surface area contributed by atoms with Gasteiger partial charge in [-0.2, -0.15) is 5.06 Å². The minimum Gasteiger partial charge on any atom is -0.462 e. The van der Waals surface area contributed by atoms with Crippen LogP contribution in [0.25, 0.3) is 0 Å². The number of carbonyl (C=O) groups is 2. The Labute approximate surface area is 116 Å². The number of urea groups is 1. The van der Waals surface area contributed by atoms with Gasteiger partial charge in [-0.15, -0.1) is 0 Å². The molecule has 2 rings (SSSR count). The van der Waals surface area contributed by atoms with Crippen molar-refractivity contribution in [3.63, 3.8) is 0 Å². The van der Waals surface area contributed by atoms with Crippen LogP contribution in [0.4, 0.5) is 9.18 Å². The number of nitrogens with zero attached hydrogens (tertiary/aromatic N) is 2. The Morgan fingerprint density at radius 2 is 2.35 bits per heavy atom. The van der Waals surface area contributed by atoms with Crippen molar-refractivity contribution < 1.29 is 23.6 Å². The molecule has 0 spiro atoms. The van der Waals surface area contributed by atoms with E-state index in [9.17, 15) is 14.0 Å². The SMILES string of the molecule is CCOC(=O)[C@H](F)ON1C(=O)N2C[C@@H]1C=C(C)[C@H]2CN. The predicted molar refractivity (Wildman–Crippen MR) is 66.9 cm³/mol. The van der Waals surface area contributed by atoms with Crippen molar-refractivity contribution in [2.75, 3.05) is 19.7 Å². The van der Waals surface area contributed by atoms with Gasteiger partial charge in [0.2, 0.25) is 0 Å². The lowest BCUT2D eigenvalue weighted by Crippen LogP contribution is -2.44. The number of hydrogen-bond acceptors (Lipinski definition) is 5. The van der Waals surface area contributed by atoms with Gasteiger partial charge in [0, 0.05) is 13.1 Å². The van der Waals surface area contributed by atoms with Gasteiger partial charge in [0.25, 0.3) is 0 Å². The van der Waals surface area contributed by atoms with E-state index in [1.807, 2.05) is 6.92 Å². The van der Waals surface area contributed by atoms with Crippen LogP contribution in [0.1, 0.15) is 13.8 Å². The molecule has 7 nitrogen and oxygen atoms in total. The molecule has 0 unspecified atom stereocenters. The van der Waals surface area contributed by atoms with Gasteiger partial charge in [-0.3, -0.25) is 0 Å². The van der Waals surface area contributed by atoms with Gasteiger partial charge in [-0.05, 0) is 13.8 Å². The molecule has 0 aromatic rings. The lowest BCUT2D eigenvalue weighted by Gasteiger charge is -2.28. The first-order chi connectivity index (χ1) is 9.49. The normalized spacial score (nSPS) is 26.6. The average Bonchev–Trinajstić information content (AvgIpc) is 2.65. The summed E-state index contributed by atoms with van der Waals surface area (Å²) in [6.45, 7) is 4.10. The van der Waals surface area contributed by atoms with Gasteiger partial charge in [0.05, 0.1) is 18.7 Å². The second-order valence-electron chi connectivity index (χ2n) is 4.66. The summed E-state index contributed by atoms with van der Waals surface area (Å²) in [7, 11) is 0. The smallest absolute Gasteiger partial charge is 0.370 e. The number of ether oxygens (including phenoxy) is 1. The first-order valence-electron chi connectivity index (χ1n) is 6.45. The molecule has 0 aromatic carbocycles. The van der Waals surface area contributed by atoms with Crippen LogP contribution in [0.2, 0.25) is 0 Å². The Hall–Kier alpha value is -1.67. The molecule has 1 fully saturated rings. The van der Waals surface area contributed by atoms with Crippen molar-refractivity contribution in [2.24, 2.45) is 5.73 Å². The summed E-state index contributed by atoms with van der Waals surface area (Å²) in [5.74, 6) is -1.15. The predicted octanol–water partition coefficient (Wildman–Crippen LogP) is 0.170. The highest BCUT2D eigenvalue weighted by Gasteiger charge is 2.46. The maximum atomic E-state index is 13.6. The quantitative estimate of drug-likeness (QED) is 0.575. The molecular formula is C12H18FN3O4. The van der Waals surface area contributed by atoms with Crippen LogP contribution < -0.4 is 5.73 Å². The first kappa shape index (κ1) is 14.7. The summed E-state index contributed by atoms with van der Waals surface area (Å²) in [6.07, 6.45) is -0.513. The fourth-order valence-electron chi connectivity index (χ4n) is 2.45. The standard InChI is InChI=1S/C12H18FN3O4/c1-3-19-11(17)10(13)20-16-8-4-7(2)9(5-14)15(6-8)12(16)18/h4,8-10H,3,5-6,14H2,1-2H3/t8-,9+,10+/m0/s1. The Bertz CT molecular complexity index is 442. The molecule has 0 saturated carbocycles. The molecule has 2 heterocycles. The Kier molecular flexibility index (Phi) is 4.24. The fraction of sp³-hybridized carbons (Fsp3) is 0.667. The summed E-state index contributed by atoms with van der Waals surface area (Å²) in [5.41, 5.74) is 6.56. The van der Waals surface area contributed by atoms with Crippen LogP contribution in [0.3, 0.4) is 0 Å². The molecule has 3 atom stereocenters. The van der Waals surface area contributed by atoms with Crippen molar-refractivity contribution in [1.29, 1.82) is 0 Å². The number of nitrogens with two attached hydrogens (primary N) is 1. The van der Waals surface area contributed by atoms with Crippen LogP contribution in [0.5, 0.6) is 0 Å². The van der Waals surface area contributed by atoms with E-state index in [2.05, 4.69) is 4.74 Å². The van der Waals surface area contributed by atoms with Gasteiger partial charge in [0.1, 0.15) is 0 Å². The summed E-state index contributed by atoms with van der Waals surface area (Å²) < 4.78 is 18.1. The molecule has 2 N–H and O–H groups in total. The topological polar surface area (TPSA) is 85.1 Å². The first-order valence-corrected chi connectivity index (χ1v) is 6.45. The van der Waals surface area contributed by atoms with Crippen molar-refractivity contribution in [3.8, 4) is 0 Å². The zero-order chi connectivity index (χ0) is 14.9. The summed E-state index contributed by atoms with van der Waals surface area (Å²) in [4.78, 5) is 29.7. The molecule has 2 aliphatic heterocycles. The van der Waals surface area contributed by atoms with Crippen molar-refractivity contribution >= 4 is 12.0 Å². The maximum absolute atomic E-state index is 13.6. The number of esters is 1. The monoisotopic (exact) mass is 287 g/mol.